The molecule has 0 unspecified atom stereocenters. The molecule has 0 radical (unpaired) electrons. The zero-order chi connectivity index (χ0) is 24.2. The number of hydrogen-bond donors (Lipinski definition) is 2. The lowest BCUT2D eigenvalue weighted by atomic mass is 10.2. The smallest absolute Gasteiger partial charge is 0.329 e. The van der Waals surface area contributed by atoms with Crippen LogP contribution in [0.2, 0.25) is 5.02 Å². The highest BCUT2D eigenvalue weighted by Crippen LogP contribution is 2.32. The van der Waals surface area contributed by atoms with E-state index in [1.807, 2.05) is 12.1 Å². The number of carbonyl (C=O) groups excluding carboxylic acids is 2. The molecule has 0 saturated carbocycles. The van der Waals surface area contributed by atoms with Gasteiger partial charge in [0.05, 0.1) is 22.6 Å². The second kappa shape index (κ2) is 9.81. The number of para-hydroxylation sites is 2. The quantitative estimate of drug-likeness (QED) is 0.204. The van der Waals surface area contributed by atoms with E-state index in [-0.39, 0.29) is 17.0 Å². The Bertz CT molecular complexity index is 1390. The van der Waals surface area contributed by atoms with Crippen LogP contribution in [0.15, 0.2) is 65.1 Å². The van der Waals surface area contributed by atoms with Crippen molar-refractivity contribution in [3.8, 4) is 17.2 Å². The molecule has 172 valence electrons. The number of methoxy groups -OCH3 is 1. The summed E-state index contributed by atoms with van der Waals surface area (Å²) < 4.78 is 13.0. The number of carbonyl (C=O) groups is 2. The van der Waals surface area contributed by atoms with E-state index in [1.165, 1.54) is 19.2 Å². The maximum absolute atomic E-state index is 12.4. The fourth-order valence-electron chi connectivity index (χ4n) is 3.02. The molecule has 0 bridgehead atoms. The number of ether oxygens (including phenoxy) is 1. The van der Waals surface area contributed by atoms with Gasteiger partial charge in [-0.05, 0) is 42.5 Å². The normalized spacial score (nSPS) is 10.6. The van der Waals surface area contributed by atoms with Gasteiger partial charge in [-0.1, -0.05) is 23.7 Å². The van der Waals surface area contributed by atoms with Gasteiger partial charge in [-0.25, -0.2) is 9.78 Å². The number of nitro benzene ring substituents is 1. The first kappa shape index (κ1) is 23.1. The molecule has 10 nitrogen and oxygen atoms in total. The summed E-state index contributed by atoms with van der Waals surface area (Å²) in [6, 6.07) is 15.1. The molecule has 0 fully saturated rings. The van der Waals surface area contributed by atoms with E-state index in [4.69, 9.17) is 20.8 Å². The number of nitrogens with one attached hydrogen (secondary N) is 2. The Kier molecular flexibility index (Phi) is 6.66. The molecule has 4 rings (SSSR count). The second-order valence-corrected chi connectivity index (χ2v) is 7.96. The summed E-state index contributed by atoms with van der Waals surface area (Å²) in [6.07, 6.45) is 0. The van der Waals surface area contributed by atoms with Crippen LogP contribution in [0.3, 0.4) is 0 Å². The molecule has 3 aromatic carbocycles. The molecule has 0 aliphatic rings. The molecular formula is C22H15ClN4O6S. The fraction of sp³-hybridized carbons (Fsp3) is 0.0455. The average Bonchev–Trinajstić information content (AvgIpc) is 3.27. The third-order valence-corrected chi connectivity index (χ3v) is 5.63. The van der Waals surface area contributed by atoms with E-state index in [1.54, 1.807) is 30.3 Å². The van der Waals surface area contributed by atoms with Gasteiger partial charge in [0.15, 0.2) is 11.3 Å². The monoisotopic (exact) mass is 498 g/mol. The van der Waals surface area contributed by atoms with E-state index in [0.29, 0.717) is 45.2 Å². The van der Waals surface area contributed by atoms with Crippen molar-refractivity contribution >= 4 is 57.2 Å². The molecule has 2 N–H and O–H groups in total. The maximum Gasteiger partial charge on any atom is 0.329 e. The van der Waals surface area contributed by atoms with Crippen LogP contribution in [0, 0.1) is 10.1 Å². The fourth-order valence-corrected chi connectivity index (χ4v) is 3.70. The maximum atomic E-state index is 12.4. The first-order valence-corrected chi connectivity index (χ1v) is 10.8. The summed E-state index contributed by atoms with van der Waals surface area (Å²) in [5, 5.41) is 13.5. The lowest BCUT2D eigenvalue weighted by molar-refractivity contribution is -0.385. The molecule has 0 spiro atoms. The second-order valence-electron chi connectivity index (χ2n) is 6.77. The minimum Gasteiger partial charge on any atom is -0.490 e. The molecule has 0 atom stereocenters. The molecule has 1 aromatic heterocycles. The van der Waals surface area contributed by atoms with Crippen LogP contribution in [-0.2, 0) is 0 Å². The van der Waals surface area contributed by atoms with E-state index in [2.05, 4.69) is 15.0 Å². The molecule has 0 aliphatic heterocycles. The van der Waals surface area contributed by atoms with Crippen LogP contribution in [-0.4, -0.2) is 28.2 Å². The van der Waals surface area contributed by atoms with Gasteiger partial charge in [0.1, 0.15) is 5.52 Å². The predicted octanol–water partition coefficient (Wildman–Crippen LogP) is 5.68. The zero-order valence-electron chi connectivity index (χ0n) is 17.4. The number of halogens is 1. The number of oxazole rings is 1. The first-order valence-electron chi connectivity index (χ1n) is 9.62. The molecule has 0 aliphatic carbocycles. The SMILES string of the molecule is COc1ccc(C(=O)SNC(=O)Nc2ccc(Cl)c(-c3nc4ccccc4o3)c2)cc1[N+](=O)[O-]. The summed E-state index contributed by atoms with van der Waals surface area (Å²) >= 11 is 6.76. The summed E-state index contributed by atoms with van der Waals surface area (Å²) in [5.41, 5.74) is 1.79. The topological polar surface area (TPSA) is 137 Å². The largest absolute Gasteiger partial charge is 0.490 e. The van der Waals surface area contributed by atoms with Crippen molar-refractivity contribution in [1.29, 1.82) is 0 Å². The third kappa shape index (κ3) is 4.95. The van der Waals surface area contributed by atoms with E-state index < -0.39 is 16.1 Å². The molecule has 34 heavy (non-hydrogen) atoms. The van der Waals surface area contributed by atoms with Gasteiger partial charge in [-0.3, -0.25) is 19.6 Å². The van der Waals surface area contributed by atoms with Crippen molar-refractivity contribution in [2.75, 3.05) is 12.4 Å². The summed E-state index contributed by atoms with van der Waals surface area (Å²) in [4.78, 5) is 39.5. The number of fused-ring (bicyclic) bond motifs is 1. The Labute approximate surface area is 201 Å². The van der Waals surface area contributed by atoms with Crippen LogP contribution >= 0.6 is 23.5 Å². The number of anilines is 1. The number of nitrogens with zero attached hydrogens (tertiary/aromatic N) is 2. The van der Waals surface area contributed by atoms with Crippen molar-refractivity contribution in [2.45, 2.75) is 0 Å². The number of hydrogen-bond acceptors (Lipinski definition) is 8. The Morgan fingerprint density at radius 2 is 1.94 bits per heavy atom. The highest BCUT2D eigenvalue weighted by atomic mass is 35.5. The minimum absolute atomic E-state index is 0.0229. The Morgan fingerprint density at radius 3 is 2.68 bits per heavy atom. The molecular weight excluding hydrogens is 484 g/mol. The van der Waals surface area contributed by atoms with Gasteiger partial charge >= 0.3 is 11.7 Å². The Balaban J connectivity index is 1.43. The van der Waals surface area contributed by atoms with Crippen LogP contribution in [0.4, 0.5) is 16.2 Å². The first-order chi connectivity index (χ1) is 16.4. The number of benzene rings is 3. The minimum atomic E-state index is -0.688. The van der Waals surface area contributed by atoms with Gasteiger partial charge in [0, 0.05) is 29.3 Å². The lowest BCUT2D eigenvalue weighted by Gasteiger charge is -2.08. The summed E-state index contributed by atoms with van der Waals surface area (Å²) in [7, 11) is 1.29. The lowest BCUT2D eigenvalue weighted by Crippen LogP contribution is -2.24. The summed E-state index contributed by atoms with van der Waals surface area (Å²) in [5.74, 6) is 0.315. The van der Waals surface area contributed by atoms with Gasteiger partial charge in [-0.15, -0.1) is 0 Å². The summed E-state index contributed by atoms with van der Waals surface area (Å²) in [6.45, 7) is 0. The Morgan fingerprint density at radius 1 is 1.15 bits per heavy atom. The van der Waals surface area contributed by atoms with E-state index in [0.717, 1.165) is 6.07 Å². The van der Waals surface area contributed by atoms with Crippen LogP contribution in [0.5, 0.6) is 5.75 Å². The third-order valence-electron chi connectivity index (χ3n) is 4.60. The molecule has 1 heterocycles. The predicted molar refractivity (Wildman–Crippen MR) is 128 cm³/mol. The highest BCUT2D eigenvalue weighted by molar-refractivity contribution is 8.12. The number of urea groups is 1. The standard InChI is InChI=1S/C22H15ClN4O6S/c1-32-19-9-6-12(10-17(19)27(30)31)21(28)34-26-22(29)24-13-7-8-15(23)14(11-13)20-25-16-4-2-3-5-18(16)33-20/h2-11H,1H3,(H2,24,26,29). The van der Waals surface area contributed by atoms with Gasteiger partial charge in [-0.2, -0.15) is 0 Å². The van der Waals surface area contributed by atoms with Gasteiger partial charge < -0.3 is 14.5 Å². The van der Waals surface area contributed by atoms with Crippen LogP contribution in [0.1, 0.15) is 10.4 Å². The van der Waals surface area contributed by atoms with Crippen molar-refractivity contribution in [1.82, 2.24) is 9.71 Å². The van der Waals surface area contributed by atoms with Crippen molar-refractivity contribution < 1.29 is 23.7 Å². The Hall–Kier alpha value is -4.09. The van der Waals surface area contributed by atoms with Crippen LogP contribution < -0.4 is 14.8 Å². The number of nitro groups is 1. The van der Waals surface area contributed by atoms with E-state index in [9.17, 15) is 19.7 Å². The molecule has 12 heteroatoms. The van der Waals surface area contributed by atoms with Crippen molar-refractivity contribution in [3.63, 3.8) is 0 Å². The van der Waals surface area contributed by atoms with Gasteiger partial charge in [0.25, 0.3) is 0 Å². The zero-order valence-corrected chi connectivity index (χ0v) is 19.0. The number of rotatable bonds is 5. The molecule has 2 amide bonds. The van der Waals surface area contributed by atoms with E-state index >= 15 is 0 Å². The van der Waals surface area contributed by atoms with Crippen molar-refractivity contribution in [3.05, 3.63) is 81.4 Å². The number of aromatic nitrogens is 1. The molecule has 0 saturated heterocycles. The van der Waals surface area contributed by atoms with Gasteiger partial charge in [0.2, 0.25) is 11.0 Å². The van der Waals surface area contributed by atoms with Crippen LogP contribution in [0.25, 0.3) is 22.6 Å². The molecule has 4 aromatic rings. The number of amides is 2. The highest BCUT2D eigenvalue weighted by Gasteiger charge is 2.19. The average molecular weight is 499 g/mol. The van der Waals surface area contributed by atoms with Crippen molar-refractivity contribution in [2.24, 2.45) is 0 Å².